The average molecular weight is 377 g/mol. The zero-order valence-electron chi connectivity index (χ0n) is 14.4. The van der Waals surface area contributed by atoms with Gasteiger partial charge in [-0.1, -0.05) is 0 Å². The highest BCUT2D eigenvalue weighted by atomic mass is 19.3. The third-order valence-electron chi connectivity index (χ3n) is 3.77. The Balaban J connectivity index is 1.86. The number of carbonyl (C=O) groups is 1. The predicted octanol–water partition coefficient (Wildman–Crippen LogP) is 4.33. The maximum Gasteiger partial charge on any atom is 0.387 e. The van der Waals surface area contributed by atoms with E-state index in [-0.39, 0.29) is 36.1 Å². The van der Waals surface area contributed by atoms with Crippen LogP contribution in [-0.2, 0) is 13.1 Å². The Morgan fingerprint density at radius 2 is 1.67 bits per heavy atom. The molecule has 1 amide bonds. The lowest BCUT2D eigenvalue weighted by Crippen LogP contribution is -2.29. The summed E-state index contributed by atoms with van der Waals surface area (Å²) in [6.07, 6.45) is 3.04. The van der Waals surface area contributed by atoms with Crippen molar-refractivity contribution < 1.29 is 31.9 Å². The van der Waals surface area contributed by atoms with Gasteiger partial charge in [-0.2, -0.15) is 8.78 Å². The molecular weight excluding hydrogens is 360 g/mol. The SMILES string of the molecule is COc1cc(C(=O)N(Cc2ccco2)Cc2ccco2)ccc1OC(F)F. The minimum atomic E-state index is -2.99. The van der Waals surface area contributed by atoms with Crippen LogP contribution in [0.5, 0.6) is 11.5 Å². The van der Waals surface area contributed by atoms with Crippen molar-refractivity contribution in [3.63, 3.8) is 0 Å². The van der Waals surface area contributed by atoms with Gasteiger partial charge in [0.15, 0.2) is 11.5 Å². The van der Waals surface area contributed by atoms with Gasteiger partial charge in [-0.3, -0.25) is 4.79 Å². The number of alkyl halides is 2. The number of nitrogens with zero attached hydrogens (tertiary/aromatic N) is 1. The van der Waals surface area contributed by atoms with Crippen LogP contribution < -0.4 is 9.47 Å². The number of amides is 1. The quantitative estimate of drug-likeness (QED) is 0.585. The van der Waals surface area contributed by atoms with E-state index >= 15 is 0 Å². The van der Waals surface area contributed by atoms with Gasteiger partial charge < -0.3 is 23.2 Å². The summed E-state index contributed by atoms with van der Waals surface area (Å²) in [4.78, 5) is 14.5. The Labute approximate surface area is 153 Å². The summed E-state index contributed by atoms with van der Waals surface area (Å²) in [5.74, 6) is 0.744. The number of halogens is 2. The van der Waals surface area contributed by atoms with Crippen LogP contribution in [0.15, 0.2) is 63.8 Å². The molecule has 27 heavy (non-hydrogen) atoms. The Hall–Kier alpha value is -3.29. The van der Waals surface area contributed by atoms with Gasteiger partial charge in [-0.25, -0.2) is 0 Å². The maximum absolute atomic E-state index is 13.0. The van der Waals surface area contributed by atoms with E-state index in [4.69, 9.17) is 13.6 Å². The maximum atomic E-state index is 13.0. The zero-order valence-corrected chi connectivity index (χ0v) is 14.4. The number of hydrogen-bond acceptors (Lipinski definition) is 5. The second kappa shape index (κ2) is 8.39. The molecule has 0 saturated carbocycles. The molecule has 2 aromatic heterocycles. The second-order valence-electron chi connectivity index (χ2n) is 5.56. The number of rotatable bonds is 8. The summed E-state index contributed by atoms with van der Waals surface area (Å²) in [6.45, 7) is -2.57. The molecule has 0 saturated heterocycles. The van der Waals surface area contributed by atoms with Crippen molar-refractivity contribution in [2.75, 3.05) is 7.11 Å². The van der Waals surface area contributed by atoms with Crippen LogP contribution in [0.2, 0.25) is 0 Å². The molecule has 142 valence electrons. The molecule has 0 N–H and O–H groups in total. The predicted molar refractivity (Wildman–Crippen MR) is 90.6 cm³/mol. The summed E-state index contributed by atoms with van der Waals surface area (Å²) >= 11 is 0. The molecule has 2 heterocycles. The molecule has 0 fully saturated rings. The first-order valence-corrected chi connectivity index (χ1v) is 8.03. The number of furan rings is 2. The van der Waals surface area contributed by atoms with Crippen LogP contribution in [0.4, 0.5) is 8.78 Å². The molecule has 3 rings (SSSR count). The Bertz CT molecular complexity index is 826. The highest BCUT2D eigenvalue weighted by molar-refractivity contribution is 5.94. The number of carbonyl (C=O) groups excluding carboxylic acids is 1. The van der Waals surface area contributed by atoms with E-state index < -0.39 is 6.61 Å². The van der Waals surface area contributed by atoms with E-state index in [1.807, 2.05) is 0 Å². The normalized spacial score (nSPS) is 10.8. The van der Waals surface area contributed by atoms with E-state index in [1.165, 1.54) is 42.7 Å². The van der Waals surface area contributed by atoms with E-state index in [2.05, 4.69) is 4.74 Å². The van der Waals surface area contributed by atoms with Crippen molar-refractivity contribution in [1.29, 1.82) is 0 Å². The molecule has 6 nitrogen and oxygen atoms in total. The van der Waals surface area contributed by atoms with Crippen LogP contribution in [0.1, 0.15) is 21.9 Å². The molecule has 0 aliphatic carbocycles. The minimum Gasteiger partial charge on any atom is -0.493 e. The van der Waals surface area contributed by atoms with Crippen molar-refractivity contribution in [1.82, 2.24) is 4.90 Å². The molecule has 0 atom stereocenters. The average Bonchev–Trinajstić information content (AvgIpc) is 3.34. The molecule has 0 radical (unpaired) electrons. The minimum absolute atomic E-state index is 0.0390. The second-order valence-corrected chi connectivity index (χ2v) is 5.56. The van der Waals surface area contributed by atoms with Crippen LogP contribution in [0, 0.1) is 0 Å². The molecule has 8 heteroatoms. The lowest BCUT2D eigenvalue weighted by molar-refractivity contribution is -0.0512. The van der Waals surface area contributed by atoms with Crippen LogP contribution >= 0.6 is 0 Å². The molecule has 0 aliphatic rings. The highest BCUT2D eigenvalue weighted by Gasteiger charge is 2.21. The first-order valence-electron chi connectivity index (χ1n) is 8.03. The smallest absolute Gasteiger partial charge is 0.387 e. The van der Waals surface area contributed by atoms with Gasteiger partial charge in [0.2, 0.25) is 0 Å². The van der Waals surface area contributed by atoms with E-state index in [9.17, 15) is 13.6 Å². The molecule has 3 aromatic rings. The van der Waals surface area contributed by atoms with Crippen LogP contribution in [-0.4, -0.2) is 24.5 Å². The van der Waals surface area contributed by atoms with E-state index in [1.54, 1.807) is 24.3 Å². The molecule has 1 aromatic carbocycles. The Kier molecular flexibility index (Phi) is 5.75. The summed E-state index contributed by atoms with van der Waals surface area (Å²) < 4.78 is 45.0. The first-order chi connectivity index (χ1) is 13.1. The van der Waals surface area contributed by atoms with Crippen molar-refractivity contribution in [3.05, 3.63) is 72.1 Å². The van der Waals surface area contributed by atoms with Gasteiger partial charge in [0.25, 0.3) is 5.91 Å². The largest absolute Gasteiger partial charge is 0.493 e. The van der Waals surface area contributed by atoms with Crippen LogP contribution in [0.25, 0.3) is 0 Å². The molecule has 0 aliphatic heterocycles. The standard InChI is InChI=1S/C19H17F2NO5/c1-24-17-10-13(6-7-16(17)27-19(20)21)18(23)22(11-14-4-2-8-25-14)12-15-5-3-9-26-15/h2-10,19H,11-12H2,1H3. The van der Waals surface area contributed by atoms with Crippen LogP contribution in [0.3, 0.4) is 0 Å². The van der Waals surface area contributed by atoms with E-state index in [0.29, 0.717) is 11.5 Å². The summed E-state index contributed by atoms with van der Waals surface area (Å²) in [6, 6.07) is 11.0. The molecular formula is C19H17F2NO5. The van der Waals surface area contributed by atoms with Gasteiger partial charge >= 0.3 is 6.61 Å². The summed E-state index contributed by atoms with van der Waals surface area (Å²) in [7, 11) is 1.31. The highest BCUT2D eigenvalue weighted by Crippen LogP contribution is 2.30. The third-order valence-corrected chi connectivity index (χ3v) is 3.77. The van der Waals surface area contributed by atoms with Gasteiger partial charge in [-0.15, -0.1) is 0 Å². The fourth-order valence-corrected chi connectivity index (χ4v) is 2.56. The van der Waals surface area contributed by atoms with Crippen molar-refractivity contribution in [2.45, 2.75) is 19.7 Å². The number of hydrogen-bond donors (Lipinski definition) is 0. The summed E-state index contributed by atoms with van der Waals surface area (Å²) in [5.41, 5.74) is 0.256. The topological polar surface area (TPSA) is 65.0 Å². The summed E-state index contributed by atoms with van der Waals surface area (Å²) in [5, 5.41) is 0. The monoisotopic (exact) mass is 377 g/mol. The fourth-order valence-electron chi connectivity index (χ4n) is 2.56. The Morgan fingerprint density at radius 1 is 1.04 bits per heavy atom. The Morgan fingerprint density at radius 3 is 2.15 bits per heavy atom. The number of methoxy groups -OCH3 is 1. The fraction of sp³-hybridized carbons (Fsp3) is 0.211. The zero-order chi connectivity index (χ0) is 19.2. The third kappa shape index (κ3) is 4.66. The first kappa shape index (κ1) is 18.5. The molecule has 0 bridgehead atoms. The lowest BCUT2D eigenvalue weighted by atomic mass is 10.1. The van der Waals surface area contributed by atoms with Gasteiger partial charge in [0.05, 0.1) is 32.7 Å². The van der Waals surface area contributed by atoms with Gasteiger partial charge in [0, 0.05) is 5.56 Å². The molecule has 0 unspecified atom stereocenters. The van der Waals surface area contributed by atoms with Gasteiger partial charge in [-0.05, 0) is 42.5 Å². The van der Waals surface area contributed by atoms with Crippen molar-refractivity contribution in [2.24, 2.45) is 0 Å². The van der Waals surface area contributed by atoms with Crippen molar-refractivity contribution >= 4 is 5.91 Å². The number of benzene rings is 1. The lowest BCUT2D eigenvalue weighted by Gasteiger charge is -2.21. The number of ether oxygens (including phenoxy) is 2. The molecule has 0 spiro atoms. The van der Waals surface area contributed by atoms with Crippen molar-refractivity contribution in [3.8, 4) is 11.5 Å². The van der Waals surface area contributed by atoms with Gasteiger partial charge in [0.1, 0.15) is 11.5 Å². The van der Waals surface area contributed by atoms with E-state index in [0.717, 1.165) is 0 Å².